The summed E-state index contributed by atoms with van der Waals surface area (Å²) in [6.07, 6.45) is 0.907. The normalized spacial score (nSPS) is 19.9. The van der Waals surface area contributed by atoms with Crippen molar-refractivity contribution in [2.75, 3.05) is 25.0 Å². The van der Waals surface area contributed by atoms with E-state index in [9.17, 15) is 23.2 Å². The lowest BCUT2D eigenvalue weighted by Gasteiger charge is -2.15. The van der Waals surface area contributed by atoms with Crippen LogP contribution in [0.3, 0.4) is 0 Å². The summed E-state index contributed by atoms with van der Waals surface area (Å²) < 4.78 is 24.2. The summed E-state index contributed by atoms with van der Waals surface area (Å²) in [6, 6.07) is 9.50. The number of rotatable bonds is 12. The Kier molecular flexibility index (Phi) is 9.80. The first-order chi connectivity index (χ1) is 17.7. The van der Waals surface area contributed by atoms with E-state index >= 15 is 0 Å². The van der Waals surface area contributed by atoms with Crippen molar-refractivity contribution >= 4 is 81.8 Å². The smallest absolute Gasteiger partial charge is 0.262 e. The highest BCUT2D eigenvalue weighted by Gasteiger charge is 2.76. The number of alkyl halides is 4. The molecule has 1 fully saturated rings. The van der Waals surface area contributed by atoms with E-state index in [1.54, 1.807) is 24.3 Å². The molecule has 3 N–H and O–H groups in total. The molecule has 206 valence electrons. The van der Waals surface area contributed by atoms with Gasteiger partial charge in [-0.3, -0.25) is 9.59 Å². The van der Waals surface area contributed by atoms with Crippen LogP contribution in [-0.2, 0) is 9.59 Å². The van der Waals surface area contributed by atoms with Gasteiger partial charge >= 0.3 is 0 Å². The lowest BCUT2D eigenvalue weighted by Crippen LogP contribution is -2.35. The predicted octanol–water partition coefficient (Wildman–Crippen LogP) is 6.50. The van der Waals surface area contributed by atoms with Crippen LogP contribution in [0.25, 0.3) is 0 Å². The monoisotopic (exact) mass is 627 g/mol. The fourth-order valence-corrected chi connectivity index (χ4v) is 5.80. The van der Waals surface area contributed by atoms with E-state index in [-0.39, 0.29) is 36.5 Å². The van der Waals surface area contributed by atoms with Crippen LogP contribution in [0.5, 0.6) is 0 Å². The third-order valence-electron chi connectivity index (χ3n) is 6.10. The van der Waals surface area contributed by atoms with E-state index in [1.807, 2.05) is 0 Å². The molecular weight excluding hydrogens is 606 g/mol. The van der Waals surface area contributed by atoms with E-state index in [0.717, 1.165) is 0 Å². The summed E-state index contributed by atoms with van der Waals surface area (Å²) in [5, 5.41) is 8.81. The third-order valence-corrected chi connectivity index (χ3v) is 8.01. The molecule has 2 aromatic carbocycles. The van der Waals surface area contributed by atoms with E-state index in [1.165, 1.54) is 12.1 Å². The maximum atomic E-state index is 12.8. The number of hydrogen-bond donors (Lipinski definition) is 3. The molecule has 0 aromatic heterocycles. The molecule has 0 radical (unpaired) electrons. The Morgan fingerprint density at radius 1 is 1.05 bits per heavy atom. The number of benzene rings is 2. The second-order valence-electron chi connectivity index (χ2n) is 9.17. The first-order valence-electron chi connectivity index (χ1n) is 11.5. The molecular formula is C25H24Cl5F2N3O3. The maximum absolute atomic E-state index is 12.8. The lowest BCUT2D eigenvalue weighted by atomic mass is 10.00. The molecule has 38 heavy (non-hydrogen) atoms. The molecule has 2 unspecified atom stereocenters. The summed E-state index contributed by atoms with van der Waals surface area (Å²) in [5.41, 5.74) is 0.0761. The molecule has 2 atom stereocenters. The van der Waals surface area contributed by atoms with Crippen molar-refractivity contribution in [3.05, 3.63) is 62.6 Å². The average Bonchev–Trinajstić information content (AvgIpc) is 3.33. The number of hydrogen-bond acceptors (Lipinski definition) is 4. The number of nitrogens with one attached hydrogen (secondary N) is 3. The zero-order chi connectivity index (χ0) is 28.3. The van der Waals surface area contributed by atoms with Gasteiger partial charge in [0.2, 0.25) is 5.91 Å². The molecule has 2 amide bonds. The van der Waals surface area contributed by atoms with Gasteiger partial charge in [0.05, 0.1) is 22.5 Å². The molecule has 0 heterocycles. The molecule has 1 aliphatic rings. The van der Waals surface area contributed by atoms with Crippen molar-refractivity contribution in [2.45, 2.75) is 35.9 Å². The summed E-state index contributed by atoms with van der Waals surface area (Å²) in [7, 11) is 0. The van der Waals surface area contributed by atoms with Crippen molar-refractivity contribution in [2.24, 2.45) is 5.41 Å². The number of aldehydes is 1. The van der Waals surface area contributed by atoms with Crippen LogP contribution in [0, 0.1) is 5.41 Å². The fraction of sp³-hybridized carbons (Fsp3) is 0.400. The summed E-state index contributed by atoms with van der Waals surface area (Å²) in [5.74, 6) is -4.60. The minimum Gasteiger partial charge on any atom is -0.384 e. The van der Waals surface area contributed by atoms with E-state index in [4.69, 9.17) is 58.0 Å². The quantitative estimate of drug-likeness (QED) is 0.142. The molecule has 1 aliphatic carbocycles. The molecule has 1 saturated carbocycles. The Bertz CT molecular complexity index is 1200. The number of carbonyl (C=O) groups is 3. The Morgan fingerprint density at radius 3 is 2.32 bits per heavy atom. The van der Waals surface area contributed by atoms with Gasteiger partial charge in [0.1, 0.15) is 10.6 Å². The summed E-state index contributed by atoms with van der Waals surface area (Å²) in [6.45, 7) is 0.134. The fourth-order valence-electron chi connectivity index (χ4n) is 4.08. The van der Waals surface area contributed by atoms with Crippen LogP contribution in [0.2, 0.25) is 15.1 Å². The second kappa shape index (κ2) is 12.1. The average molecular weight is 630 g/mol. The van der Waals surface area contributed by atoms with Gasteiger partial charge < -0.3 is 20.7 Å². The van der Waals surface area contributed by atoms with Crippen LogP contribution in [-0.4, -0.2) is 48.0 Å². The molecule has 6 nitrogen and oxygen atoms in total. The minimum absolute atomic E-state index is 0.0307. The van der Waals surface area contributed by atoms with Gasteiger partial charge in [0, 0.05) is 48.1 Å². The standard InChI is InChI=1S/C25H24Cl5F2N3O3/c1-23(31,32)11-35-20(37)3-2-6-33-22(38)18-10-17(4-5-19(18)28)34-12-24(13-36)21(25(24,29)30)14-7-15(26)9-16(27)8-14/h4-5,7-10,13,21,34H,2-3,6,11-12H2,1H3,(H,33,38)(H,35,37). The van der Waals surface area contributed by atoms with E-state index in [2.05, 4.69) is 16.0 Å². The molecule has 0 saturated heterocycles. The van der Waals surface area contributed by atoms with Gasteiger partial charge in [-0.05, 0) is 48.4 Å². The number of amides is 2. The Morgan fingerprint density at radius 2 is 1.71 bits per heavy atom. The Labute approximate surface area is 243 Å². The van der Waals surface area contributed by atoms with Gasteiger partial charge in [0.15, 0.2) is 0 Å². The van der Waals surface area contributed by atoms with Crippen molar-refractivity contribution < 1.29 is 23.2 Å². The Hall–Kier alpha value is -1.84. The number of carbonyl (C=O) groups excluding carboxylic acids is 3. The van der Waals surface area contributed by atoms with E-state index in [0.29, 0.717) is 34.5 Å². The first-order valence-corrected chi connectivity index (χ1v) is 13.4. The molecule has 0 bridgehead atoms. The molecule has 2 aromatic rings. The summed E-state index contributed by atoms with van der Waals surface area (Å²) >= 11 is 31.5. The molecule has 3 rings (SSSR count). The second-order valence-corrected chi connectivity index (χ2v) is 11.8. The minimum atomic E-state index is -3.00. The van der Waals surface area contributed by atoms with Crippen LogP contribution < -0.4 is 16.0 Å². The van der Waals surface area contributed by atoms with Gasteiger partial charge in [-0.15, -0.1) is 0 Å². The van der Waals surface area contributed by atoms with Crippen LogP contribution in [0.4, 0.5) is 14.5 Å². The highest BCUT2D eigenvalue weighted by atomic mass is 35.5. The maximum Gasteiger partial charge on any atom is 0.262 e. The SMILES string of the molecule is CC(F)(F)CNC(=O)CCCNC(=O)c1cc(NCC2(C=O)C(c3cc(Cl)cc(Cl)c3)C2(Cl)Cl)ccc1Cl. The predicted molar refractivity (Wildman–Crippen MR) is 147 cm³/mol. The summed E-state index contributed by atoms with van der Waals surface area (Å²) in [4.78, 5) is 36.4. The lowest BCUT2D eigenvalue weighted by molar-refractivity contribution is -0.122. The zero-order valence-corrected chi connectivity index (χ0v) is 23.8. The van der Waals surface area contributed by atoms with Crippen molar-refractivity contribution in [1.82, 2.24) is 10.6 Å². The largest absolute Gasteiger partial charge is 0.384 e. The highest BCUT2D eigenvalue weighted by Crippen LogP contribution is 2.73. The van der Waals surface area contributed by atoms with Crippen molar-refractivity contribution in [1.29, 1.82) is 0 Å². The Balaban J connectivity index is 1.60. The van der Waals surface area contributed by atoms with Crippen molar-refractivity contribution in [3.8, 4) is 0 Å². The van der Waals surface area contributed by atoms with Gasteiger partial charge in [0.25, 0.3) is 11.8 Å². The number of anilines is 1. The van der Waals surface area contributed by atoms with Crippen LogP contribution in [0.1, 0.15) is 41.6 Å². The van der Waals surface area contributed by atoms with Crippen LogP contribution >= 0.6 is 58.0 Å². The van der Waals surface area contributed by atoms with Crippen LogP contribution in [0.15, 0.2) is 36.4 Å². The molecule has 0 aliphatic heterocycles. The zero-order valence-electron chi connectivity index (χ0n) is 20.0. The highest BCUT2D eigenvalue weighted by molar-refractivity contribution is 6.54. The van der Waals surface area contributed by atoms with Gasteiger partial charge in [-0.25, -0.2) is 8.78 Å². The topological polar surface area (TPSA) is 87.3 Å². The molecule has 13 heteroatoms. The van der Waals surface area contributed by atoms with Crippen molar-refractivity contribution in [3.63, 3.8) is 0 Å². The molecule has 0 spiro atoms. The van der Waals surface area contributed by atoms with Gasteiger partial charge in [-0.1, -0.05) is 58.0 Å². The van der Waals surface area contributed by atoms with E-state index < -0.39 is 39.9 Å². The first kappa shape index (κ1) is 30.7. The van der Waals surface area contributed by atoms with Gasteiger partial charge in [-0.2, -0.15) is 0 Å². The number of halogens is 7. The third kappa shape index (κ3) is 7.21.